The Balaban J connectivity index is 4.41. The molecule has 36 heavy (non-hydrogen) atoms. The van der Waals surface area contributed by atoms with E-state index in [0.717, 1.165) is 57.8 Å². The molecule has 0 bridgehead atoms. The van der Waals surface area contributed by atoms with E-state index >= 15 is 0 Å². The van der Waals surface area contributed by atoms with Crippen LogP contribution in [0.25, 0.3) is 0 Å². The maximum Gasteiger partial charge on any atom is 0.317 e. The van der Waals surface area contributed by atoms with Crippen LogP contribution >= 0.6 is 0 Å². The van der Waals surface area contributed by atoms with Gasteiger partial charge in [0.2, 0.25) is 0 Å². The molecular weight excluding hydrogens is 468 g/mol. The van der Waals surface area contributed by atoms with Crippen LogP contribution < -0.4 is 0 Å². The predicted molar refractivity (Wildman–Crippen MR) is 137 cm³/mol. The Morgan fingerprint density at radius 3 is 1.53 bits per heavy atom. The molecule has 0 aliphatic carbocycles. The van der Waals surface area contributed by atoms with E-state index in [1.54, 1.807) is 0 Å². The third kappa shape index (κ3) is 20.9. The van der Waals surface area contributed by atoms with Crippen molar-refractivity contribution in [1.82, 2.24) is 0 Å². The predicted octanol–water partition coefficient (Wildman–Crippen LogP) is 5.47. The summed E-state index contributed by atoms with van der Waals surface area (Å²) in [5, 5.41) is 10.0. The van der Waals surface area contributed by atoms with E-state index in [1.165, 1.54) is 25.7 Å². The average Bonchev–Trinajstić information content (AvgIpc) is 2.87. The van der Waals surface area contributed by atoms with Crippen LogP contribution in [0.5, 0.6) is 0 Å². The Bertz CT molecular complexity index is 497. The summed E-state index contributed by atoms with van der Waals surface area (Å²) in [6.45, 7) is 6.78. The quantitative estimate of drug-likeness (QED) is 0.0495. The normalized spacial score (nSPS) is 11.6. The van der Waals surface area contributed by atoms with Gasteiger partial charge in [-0.1, -0.05) is 85.0 Å². The Morgan fingerprint density at radius 2 is 1.00 bits per heavy atom. The first kappa shape index (κ1) is 34.7. The Kier molecular flexibility index (Phi) is 24.5. The lowest BCUT2D eigenvalue weighted by atomic mass is 9.92. The molecule has 0 aromatic carbocycles. The van der Waals surface area contributed by atoms with Crippen molar-refractivity contribution in [3.8, 4) is 0 Å². The average molecular weight is 521 g/mol. The molecule has 9 heteroatoms. The van der Waals surface area contributed by atoms with E-state index in [0.29, 0.717) is 19.8 Å². The van der Waals surface area contributed by atoms with Crippen molar-refractivity contribution in [2.45, 2.75) is 111 Å². The van der Waals surface area contributed by atoms with Gasteiger partial charge in [0.15, 0.2) is 0 Å². The highest BCUT2D eigenvalue weighted by Gasteiger charge is 2.34. The minimum Gasteiger partial charge on any atom is -0.465 e. The molecule has 0 heterocycles. The zero-order valence-electron chi connectivity index (χ0n) is 23.1. The van der Waals surface area contributed by atoms with Crippen LogP contribution in [0.2, 0.25) is 0 Å². The van der Waals surface area contributed by atoms with Gasteiger partial charge in [-0.15, -0.1) is 0 Å². The third-order valence-electron chi connectivity index (χ3n) is 5.73. The Morgan fingerprint density at radius 1 is 0.556 bits per heavy atom. The van der Waals surface area contributed by atoms with Gasteiger partial charge in [-0.25, -0.2) is 19.6 Å². The van der Waals surface area contributed by atoms with E-state index in [1.807, 2.05) is 0 Å². The largest absolute Gasteiger partial charge is 0.465 e. The summed E-state index contributed by atoms with van der Waals surface area (Å²) in [4.78, 5) is 45.1. The molecule has 9 nitrogen and oxygen atoms in total. The summed E-state index contributed by atoms with van der Waals surface area (Å²) in [6, 6.07) is 0. The lowest BCUT2D eigenvalue weighted by molar-refractivity contribution is -0.347. The van der Waals surface area contributed by atoms with Crippen molar-refractivity contribution in [2.75, 3.05) is 46.2 Å². The van der Waals surface area contributed by atoms with Crippen LogP contribution in [-0.2, 0) is 38.6 Å². The summed E-state index contributed by atoms with van der Waals surface area (Å²) in [5.41, 5.74) is -1.09. The fourth-order valence-electron chi connectivity index (χ4n) is 3.23. The summed E-state index contributed by atoms with van der Waals surface area (Å²) in [7, 11) is 0. The monoisotopic (exact) mass is 520 g/mol. The second-order valence-electron chi connectivity index (χ2n) is 9.42. The number of carbonyl (C=O) groups is 2. The van der Waals surface area contributed by atoms with Crippen molar-refractivity contribution in [3.05, 3.63) is 0 Å². The molecule has 0 aliphatic heterocycles. The van der Waals surface area contributed by atoms with Gasteiger partial charge < -0.3 is 14.6 Å². The highest BCUT2D eigenvalue weighted by molar-refractivity contribution is 5.91. The number of hydrogen-bond acceptors (Lipinski definition) is 9. The summed E-state index contributed by atoms with van der Waals surface area (Å²) < 4.78 is 10.4. The van der Waals surface area contributed by atoms with Crippen LogP contribution in [0.1, 0.15) is 111 Å². The number of carbonyl (C=O) groups excluding carboxylic acids is 2. The summed E-state index contributed by atoms with van der Waals surface area (Å²) in [5.74, 6) is -1.35. The maximum atomic E-state index is 12.2. The van der Waals surface area contributed by atoms with Gasteiger partial charge in [0, 0.05) is 0 Å². The highest BCUT2D eigenvalue weighted by Crippen LogP contribution is 2.20. The van der Waals surface area contributed by atoms with E-state index in [-0.39, 0.29) is 26.4 Å². The van der Waals surface area contributed by atoms with Crippen molar-refractivity contribution in [2.24, 2.45) is 5.41 Å². The molecule has 0 aromatic rings. The number of esters is 2. The second-order valence-corrected chi connectivity index (χ2v) is 9.42. The van der Waals surface area contributed by atoms with Gasteiger partial charge >= 0.3 is 11.9 Å². The third-order valence-corrected chi connectivity index (χ3v) is 5.73. The van der Waals surface area contributed by atoms with Crippen molar-refractivity contribution in [3.63, 3.8) is 0 Å². The molecule has 0 aromatic heterocycles. The molecule has 0 saturated carbocycles. The van der Waals surface area contributed by atoms with Gasteiger partial charge in [-0.3, -0.25) is 9.59 Å². The molecule has 0 amide bonds. The van der Waals surface area contributed by atoms with E-state index in [2.05, 4.69) is 20.8 Å². The lowest BCUT2D eigenvalue weighted by Crippen LogP contribution is -2.41. The zero-order valence-corrected chi connectivity index (χ0v) is 23.1. The number of aliphatic hydroxyl groups excluding tert-OH is 1. The minimum atomic E-state index is -1.09. The number of rotatable bonds is 27. The number of aliphatic hydroxyl groups is 1. The first-order chi connectivity index (χ1) is 17.5. The van der Waals surface area contributed by atoms with Gasteiger partial charge in [0.05, 0.1) is 45.1 Å². The van der Waals surface area contributed by atoms with Gasteiger partial charge in [-0.05, 0) is 19.3 Å². The SMILES string of the molecule is CCCCCCCCCOC(=O)CC(=O)OCC(CO)(COOCCCCC)COOCCCCC. The minimum absolute atomic E-state index is 0.0655. The smallest absolute Gasteiger partial charge is 0.317 e. The molecule has 0 atom stereocenters. The van der Waals surface area contributed by atoms with Crippen LogP contribution in [0.15, 0.2) is 0 Å². The number of hydrogen-bond donors (Lipinski definition) is 1. The first-order valence-corrected chi connectivity index (χ1v) is 13.9. The van der Waals surface area contributed by atoms with Crippen molar-refractivity contribution in [1.29, 1.82) is 0 Å². The molecule has 0 radical (unpaired) electrons. The molecular formula is C27H52O9. The van der Waals surface area contributed by atoms with Crippen LogP contribution in [0.3, 0.4) is 0 Å². The molecule has 0 aliphatic rings. The fraction of sp³-hybridized carbons (Fsp3) is 0.926. The van der Waals surface area contributed by atoms with Gasteiger partial charge in [0.25, 0.3) is 0 Å². The highest BCUT2D eigenvalue weighted by atomic mass is 17.2. The topological polar surface area (TPSA) is 110 Å². The van der Waals surface area contributed by atoms with E-state index < -0.39 is 23.8 Å². The zero-order chi connectivity index (χ0) is 26.7. The molecule has 0 saturated heterocycles. The first-order valence-electron chi connectivity index (χ1n) is 13.9. The van der Waals surface area contributed by atoms with Crippen molar-refractivity contribution < 1.29 is 43.7 Å². The summed E-state index contributed by atoms with van der Waals surface area (Å²) in [6.07, 6.45) is 13.2. The molecule has 0 unspecified atom stereocenters. The van der Waals surface area contributed by atoms with Crippen LogP contribution in [-0.4, -0.2) is 63.3 Å². The second kappa shape index (κ2) is 25.4. The molecule has 0 rings (SSSR count). The Hall–Kier alpha value is -1.26. The van der Waals surface area contributed by atoms with Gasteiger partial charge in [-0.2, -0.15) is 0 Å². The van der Waals surface area contributed by atoms with Crippen LogP contribution in [0, 0.1) is 5.41 Å². The standard InChI is InChI=1S/C27H52O9/c1-4-7-10-11-12-13-16-17-31-25(29)20-26(30)32-22-27(21-28,23-35-33-18-14-8-5-2)24-36-34-19-15-9-6-3/h28H,4-24H2,1-3H3. The summed E-state index contributed by atoms with van der Waals surface area (Å²) >= 11 is 0. The number of ether oxygens (including phenoxy) is 2. The van der Waals surface area contributed by atoms with E-state index in [4.69, 9.17) is 29.0 Å². The lowest BCUT2D eigenvalue weighted by Gasteiger charge is -2.29. The molecule has 214 valence electrons. The van der Waals surface area contributed by atoms with Gasteiger partial charge in [0.1, 0.15) is 13.0 Å². The molecule has 1 N–H and O–H groups in total. The van der Waals surface area contributed by atoms with E-state index in [9.17, 15) is 14.7 Å². The maximum absolute atomic E-state index is 12.2. The fourth-order valence-corrected chi connectivity index (χ4v) is 3.23. The van der Waals surface area contributed by atoms with Crippen LogP contribution in [0.4, 0.5) is 0 Å². The van der Waals surface area contributed by atoms with Crippen molar-refractivity contribution >= 4 is 11.9 Å². The molecule has 0 spiro atoms. The molecule has 0 fully saturated rings. The Labute approximate surface area is 218 Å². The number of unbranched alkanes of at least 4 members (excludes halogenated alkanes) is 10.